The van der Waals surface area contributed by atoms with E-state index in [0.29, 0.717) is 22.7 Å². The number of non-ortho nitro benzene ring substituents is 1. The maximum atomic E-state index is 12.9. The van der Waals surface area contributed by atoms with Crippen molar-refractivity contribution in [2.24, 2.45) is 0 Å². The summed E-state index contributed by atoms with van der Waals surface area (Å²) in [5.74, 6) is 0.407. The first-order valence-electron chi connectivity index (χ1n) is 11.2. The van der Waals surface area contributed by atoms with E-state index >= 15 is 0 Å². The largest absolute Gasteiger partial charge is 0.496 e. The molecule has 4 rings (SSSR count). The van der Waals surface area contributed by atoms with Crippen molar-refractivity contribution in [2.45, 2.75) is 20.8 Å². The number of hydrogen-bond donors (Lipinski definition) is 1. The number of carbonyl (C=O) groups excluding carboxylic acids is 1. The second-order valence-electron chi connectivity index (χ2n) is 8.47. The van der Waals surface area contributed by atoms with Gasteiger partial charge in [-0.05, 0) is 49.6 Å². The lowest BCUT2D eigenvalue weighted by Gasteiger charge is -2.12. The molecule has 1 N–H and O–H groups in total. The number of amides is 1. The highest BCUT2D eigenvalue weighted by molar-refractivity contribution is 6.06. The van der Waals surface area contributed by atoms with Crippen molar-refractivity contribution in [3.63, 3.8) is 0 Å². The van der Waals surface area contributed by atoms with Gasteiger partial charge in [-0.1, -0.05) is 23.8 Å². The van der Waals surface area contributed by atoms with E-state index in [1.54, 1.807) is 26.4 Å². The Morgan fingerprint density at radius 3 is 2.42 bits per heavy atom. The van der Waals surface area contributed by atoms with Gasteiger partial charge in [0.05, 0.1) is 31.1 Å². The summed E-state index contributed by atoms with van der Waals surface area (Å²) in [6.07, 6.45) is 3.14. The number of nitrogens with one attached hydrogen (secondary N) is 1. The fourth-order valence-electron chi connectivity index (χ4n) is 4.21. The van der Waals surface area contributed by atoms with E-state index in [9.17, 15) is 14.9 Å². The molecule has 0 aliphatic rings. The highest BCUT2D eigenvalue weighted by atomic mass is 16.6. The zero-order valence-electron chi connectivity index (χ0n) is 20.7. The second kappa shape index (κ2) is 9.95. The number of hydrogen-bond acceptors (Lipinski definition) is 6. The number of benzene rings is 3. The van der Waals surface area contributed by atoms with Crippen LogP contribution in [0.15, 0.2) is 65.3 Å². The van der Waals surface area contributed by atoms with Gasteiger partial charge in [-0.2, -0.15) is 0 Å². The summed E-state index contributed by atoms with van der Waals surface area (Å²) in [6, 6.07) is 14.0. The van der Waals surface area contributed by atoms with Crippen LogP contribution in [0.3, 0.4) is 0 Å². The van der Waals surface area contributed by atoms with Crippen molar-refractivity contribution < 1.29 is 23.6 Å². The molecule has 0 fully saturated rings. The number of aryl methyl sites for hydroxylation is 2. The van der Waals surface area contributed by atoms with Crippen molar-refractivity contribution in [2.75, 3.05) is 19.5 Å². The molecule has 8 heteroatoms. The summed E-state index contributed by atoms with van der Waals surface area (Å²) in [5, 5.41) is 14.7. The van der Waals surface area contributed by atoms with Gasteiger partial charge in [0.15, 0.2) is 0 Å². The van der Waals surface area contributed by atoms with Gasteiger partial charge < -0.3 is 19.2 Å². The Morgan fingerprint density at radius 1 is 1.00 bits per heavy atom. The van der Waals surface area contributed by atoms with E-state index in [-0.39, 0.29) is 11.4 Å². The van der Waals surface area contributed by atoms with Gasteiger partial charge in [0.2, 0.25) is 5.91 Å². The summed E-state index contributed by atoms with van der Waals surface area (Å²) in [7, 11) is 2.98. The predicted octanol–water partition coefficient (Wildman–Crippen LogP) is 6.68. The van der Waals surface area contributed by atoms with E-state index < -0.39 is 10.8 Å². The van der Waals surface area contributed by atoms with Crippen molar-refractivity contribution in [1.82, 2.24) is 0 Å². The minimum Gasteiger partial charge on any atom is -0.496 e. The third-order valence-corrected chi connectivity index (χ3v) is 5.99. The van der Waals surface area contributed by atoms with Crippen LogP contribution in [0.5, 0.6) is 11.5 Å². The molecule has 0 atom stereocenters. The molecule has 3 aromatic carbocycles. The van der Waals surface area contributed by atoms with Crippen LogP contribution < -0.4 is 14.8 Å². The first-order valence-corrected chi connectivity index (χ1v) is 11.2. The lowest BCUT2D eigenvalue weighted by Crippen LogP contribution is -2.10. The summed E-state index contributed by atoms with van der Waals surface area (Å²) >= 11 is 0. The summed E-state index contributed by atoms with van der Waals surface area (Å²) < 4.78 is 16.6. The minimum atomic E-state index is -0.533. The van der Waals surface area contributed by atoms with Gasteiger partial charge in [-0.15, -0.1) is 0 Å². The lowest BCUT2D eigenvalue weighted by molar-refractivity contribution is -0.384. The number of furan rings is 1. The molecule has 36 heavy (non-hydrogen) atoms. The number of allylic oxidation sites excluding steroid dienone is 1. The lowest BCUT2D eigenvalue weighted by atomic mass is 9.96. The Labute approximate surface area is 208 Å². The fraction of sp³-hybridized carbons (Fsp3) is 0.179. The third-order valence-electron chi connectivity index (χ3n) is 5.99. The van der Waals surface area contributed by atoms with Gasteiger partial charge in [0, 0.05) is 40.8 Å². The Balaban J connectivity index is 1.72. The number of nitro benzene ring substituents is 1. The van der Waals surface area contributed by atoms with Crippen LogP contribution in [0.2, 0.25) is 0 Å². The first-order chi connectivity index (χ1) is 17.2. The molecule has 0 radical (unpaired) electrons. The van der Waals surface area contributed by atoms with Crippen molar-refractivity contribution >= 4 is 33.8 Å². The Kier molecular flexibility index (Phi) is 6.78. The van der Waals surface area contributed by atoms with E-state index in [1.165, 1.54) is 36.9 Å². The summed E-state index contributed by atoms with van der Waals surface area (Å²) in [4.78, 5) is 23.5. The molecular weight excluding hydrogens is 460 g/mol. The molecule has 0 spiro atoms. The van der Waals surface area contributed by atoms with Crippen LogP contribution in [-0.4, -0.2) is 25.1 Å². The molecule has 8 nitrogen and oxygen atoms in total. The molecule has 0 unspecified atom stereocenters. The van der Waals surface area contributed by atoms with Gasteiger partial charge in [-0.3, -0.25) is 14.9 Å². The van der Waals surface area contributed by atoms with Crippen molar-refractivity contribution in [3.8, 4) is 22.6 Å². The quantitative estimate of drug-likeness (QED) is 0.177. The van der Waals surface area contributed by atoms with Crippen LogP contribution in [0.4, 0.5) is 11.4 Å². The van der Waals surface area contributed by atoms with Crippen LogP contribution in [0.1, 0.15) is 23.6 Å². The molecule has 0 saturated heterocycles. The number of nitro groups is 1. The van der Waals surface area contributed by atoms with Crippen LogP contribution >= 0.6 is 0 Å². The molecule has 1 aromatic heterocycles. The molecule has 0 saturated carbocycles. The number of carbonyl (C=O) groups is 1. The smallest absolute Gasteiger partial charge is 0.271 e. The van der Waals surface area contributed by atoms with Crippen LogP contribution in [0.25, 0.3) is 27.7 Å². The normalized spacial score (nSPS) is 11.4. The standard InChI is InChI=1S/C28H26N2O6/c1-16-6-8-20(17(2)10-16)23-15-36-27-14-26(35-5)21(13-22(23)27)18(3)11-28(31)29-24-12-19(30(32)33)7-9-25(24)34-4/h6-15H,1-5H3,(H,29,31)/b18-11+. The number of rotatable bonds is 7. The molecule has 0 bridgehead atoms. The maximum Gasteiger partial charge on any atom is 0.271 e. The van der Waals surface area contributed by atoms with E-state index in [4.69, 9.17) is 13.9 Å². The first kappa shape index (κ1) is 24.5. The van der Waals surface area contributed by atoms with E-state index in [1.807, 2.05) is 6.07 Å². The number of nitrogens with zero attached hydrogens (tertiary/aromatic N) is 1. The topological polar surface area (TPSA) is 104 Å². The molecule has 1 amide bonds. The summed E-state index contributed by atoms with van der Waals surface area (Å²) in [5.41, 5.74) is 6.40. The Bertz CT molecular complexity index is 1520. The molecule has 1 heterocycles. The average Bonchev–Trinajstić information content (AvgIpc) is 3.25. The fourth-order valence-corrected chi connectivity index (χ4v) is 4.21. The number of fused-ring (bicyclic) bond motifs is 1. The predicted molar refractivity (Wildman–Crippen MR) is 140 cm³/mol. The molecule has 4 aromatic rings. The molecule has 184 valence electrons. The van der Waals surface area contributed by atoms with Gasteiger partial charge in [0.1, 0.15) is 17.1 Å². The van der Waals surface area contributed by atoms with Gasteiger partial charge in [-0.25, -0.2) is 0 Å². The number of anilines is 1. The number of ether oxygens (including phenoxy) is 2. The average molecular weight is 487 g/mol. The van der Waals surface area contributed by atoms with Crippen LogP contribution in [-0.2, 0) is 4.79 Å². The van der Waals surface area contributed by atoms with E-state index in [0.717, 1.165) is 27.6 Å². The molecule has 0 aliphatic heterocycles. The van der Waals surface area contributed by atoms with Crippen molar-refractivity contribution in [3.05, 3.63) is 87.7 Å². The Hall–Kier alpha value is -4.59. The highest BCUT2D eigenvalue weighted by Gasteiger charge is 2.17. The van der Waals surface area contributed by atoms with E-state index in [2.05, 4.69) is 37.4 Å². The molecule has 0 aliphatic carbocycles. The second-order valence-corrected chi connectivity index (χ2v) is 8.47. The SMILES string of the molecule is COc1ccc([N+](=O)[O-])cc1NC(=O)/C=C(\C)c1cc2c(-c3ccc(C)cc3C)coc2cc1OC. The maximum absolute atomic E-state index is 12.9. The van der Waals surface area contributed by atoms with Crippen molar-refractivity contribution in [1.29, 1.82) is 0 Å². The summed E-state index contributed by atoms with van der Waals surface area (Å²) in [6.45, 7) is 5.91. The zero-order valence-corrected chi connectivity index (χ0v) is 20.7. The Morgan fingerprint density at radius 2 is 1.75 bits per heavy atom. The van der Waals surface area contributed by atoms with Gasteiger partial charge >= 0.3 is 0 Å². The van der Waals surface area contributed by atoms with Gasteiger partial charge in [0.25, 0.3) is 5.69 Å². The molecular formula is C28H26N2O6. The van der Waals surface area contributed by atoms with Crippen LogP contribution in [0, 0.1) is 24.0 Å². The zero-order chi connectivity index (χ0) is 26.0. The monoisotopic (exact) mass is 486 g/mol. The minimum absolute atomic E-state index is 0.155. The third kappa shape index (κ3) is 4.79. The number of methoxy groups -OCH3 is 2. The highest BCUT2D eigenvalue weighted by Crippen LogP contribution is 2.38.